The number of furan rings is 1. The molecular formula is C11H11NO4. The van der Waals surface area contributed by atoms with E-state index in [0.29, 0.717) is 22.5 Å². The average Bonchev–Trinajstić information content (AvgIpc) is 2.54. The maximum Gasteiger partial charge on any atom is 0.281 e. The van der Waals surface area contributed by atoms with E-state index < -0.39 is 4.92 Å². The second-order valence-corrected chi connectivity index (χ2v) is 3.53. The first-order valence-electron chi connectivity index (χ1n) is 4.77. The lowest BCUT2D eigenvalue weighted by atomic mass is 10.1. The third kappa shape index (κ3) is 1.32. The van der Waals surface area contributed by atoms with Crippen LogP contribution >= 0.6 is 0 Å². The van der Waals surface area contributed by atoms with Crippen LogP contribution in [0.5, 0.6) is 5.75 Å². The summed E-state index contributed by atoms with van der Waals surface area (Å²) in [7, 11) is 1.51. The van der Waals surface area contributed by atoms with Crippen LogP contribution in [0.2, 0.25) is 0 Å². The third-order valence-corrected chi connectivity index (χ3v) is 2.67. The molecule has 0 amide bonds. The Bertz CT molecular complexity index is 571. The van der Waals surface area contributed by atoms with Gasteiger partial charge in [-0.15, -0.1) is 0 Å². The van der Waals surface area contributed by atoms with E-state index in [9.17, 15) is 10.1 Å². The van der Waals surface area contributed by atoms with Crippen LogP contribution in [0, 0.1) is 24.0 Å². The van der Waals surface area contributed by atoms with Crippen LogP contribution in [0.25, 0.3) is 11.0 Å². The summed E-state index contributed by atoms with van der Waals surface area (Å²) in [6.07, 6.45) is 0. The first kappa shape index (κ1) is 10.5. The zero-order valence-electron chi connectivity index (χ0n) is 9.23. The van der Waals surface area contributed by atoms with Crippen molar-refractivity contribution in [1.82, 2.24) is 0 Å². The van der Waals surface area contributed by atoms with E-state index in [-0.39, 0.29) is 5.69 Å². The molecule has 0 saturated carbocycles. The van der Waals surface area contributed by atoms with Crippen LogP contribution in [0.3, 0.4) is 0 Å². The Hall–Kier alpha value is -2.04. The topological polar surface area (TPSA) is 65.5 Å². The molecule has 0 bridgehead atoms. The zero-order valence-corrected chi connectivity index (χ0v) is 9.23. The van der Waals surface area contributed by atoms with Gasteiger partial charge in [0.05, 0.1) is 12.0 Å². The summed E-state index contributed by atoms with van der Waals surface area (Å²) < 4.78 is 10.6. The van der Waals surface area contributed by atoms with Gasteiger partial charge in [0.25, 0.3) is 5.69 Å². The van der Waals surface area contributed by atoms with E-state index in [1.807, 2.05) is 0 Å². The number of ether oxygens (including phenoxy) is 1. The average molecular weight is 221 g/mol. The second-order valence-electron chi connectivity index (χ2n) is 3.53. The van der Waals surface area contributed by atoms with Crippen molar-refractivity contribution in [2.45, 2.75) is 13.8 Å². The molecule has 0 fully saturated rings. The molecule has 0 N–H and O–H groups in total. The minimum atomic E-state index is -0.413. The van der Waals surface area contributed by atoms with Gasteiger partial charge < -0.3 is 9.15 Å². The fraction of sp³-hybridized carbons (Fsp3) is 0.273. The molecule has 0 unspecified atom stereocenters. The summed E-state index contributed by atoms with van der Waals surface area (Å²) in [4.78, 5) is 10.5. The number of nitro groups is 1. The molecule has 0 aliphatic rings. The van der Waals surface area contributed by atoms with Gasteiger partial charge in [-0.3, -0.25) is 10.1 Å². The van der Waals surface area contributed by atoms with Gasteiger partial charge in [-0.1, -0.05) is 0 Å². The molecule has 2 rings (SSSR count). The van der Waals surface area contributed by atoms with Crippen LogP contribution in [-0.4, -0.2) is 12.0 Å². The van der Waals surface area contributed by atoms with Crippen molar-refractivity contribution in [2.75, 3.05) is 7.11 Å². The summed E-state index contributed by atoms with van der Waals surface area (Å²) >= 11 is 0. The molecular weight excluding hydrogens is 210 g/mol. The standard InChI is InChI=1S/C11H11NO4/c1-6-7(2)16-11-9(15-3)5-4-8(10(6)11)12(13)14/h4-5H,1-3H3. The van der Waals surface area contributed by atoms with Gasteiger partial charge in [-0.2, -0.15) is 0 Å². The number of nitro benzene ring substituents is 1. The monoisotopic (exact) mass is 221 g/mol. The summed E-state index contributed by atoms with van der Waals surface area (Å²) in [6, 6.07) is 2.98. The van der Waals surface area contributed by atoms with Crippen molar-refractivity contribution in [3.05, 3.63) is 33.6 Å². The van der Waals surface area contributed by atoms with Gasteiger partial charge in [0.2, 0.25) is 0 Å². The summed E-state index contributed by atoms with van der Waals surface area (Å²) in [5, 5.41) is 11.4. The number of nitrogens with zero attached hydrogens (tertiary/aromatic N) is 1. The highest BCUT2D eigenvalue weighted by molar-refractivity contribution is 5.94. The molecule has 0 saturated heterocycles. The Labute approximate surface area is 91.8 Å². The number of aryl methyl sites for hydroxylation is 2. The zero-order chi connectivity index (χ0) is 11.9. The lowest BCUT2D eigenvalue weighted by Crippen LogP contribution is -1.91. The van der Waals surface area contributed by atoms with Crippen LogP contribution < -0.4 is 4.74 Å². The van der Waals surface area contributed by atoms with E-state index in [1.54, 1.807) is 19.9 Å². The number of hydrogen-bond acceptors (Lipinski definition) is 4. The highest BCUT2D eigenvalue weighted by Gasteiger charge is 2.21. The maximum absolute atomic E-state index is 10.9. The van der Waals surface area contributed by atoms with E-state index >= 15 is 0 Å². The third-order valence-electron chi connectivity index (χ3n) is 2.67. The molecule has 0 radical (unpaired) electrons. The van der Waals surface area contributed by atoms with Crippen LogP contribution in [-0.2, 0) is 0 Å². The van der Waals surface area contributed by atoms with Gasteiger partial charge >= 0.3 is 0 Å². The van der Waals surface area contributed by atoms with E-state index in [4.69, 9.17) is 9.15 Å². The molecule has 5 nitrogen and oxygen atoms in total. The molecule has 16 heavy (non-hydrogen) atoms. The van der Waals surface area contributed by atoms with E-state index in [2.05, 4.69) is 0 Å². The highest BCUT2D eigenvalue weighted by atomic mass is 16.6. The second kappa shape index (κ2) is 3.52. The number of benzene rings is 1. The molecule has 1 heterocycles. The lowest BCUT2D eigenvalue weighted by Gasteiger charge is -2.00. The number of rotatable bonds is 2. The Balaban J connectivity index is 2.91. The number of non-ortho nitro benzene ring substituents is 1. The summed E-state index contributed by atoms with van der Waals surface area (Å²) in [6.45, 7) is 3.58. The molecule has 5 heteroatoms. The van der Waals surface area contributed by atoms with Crippen molar-refractivity contribution >= 4 is 16.7 Å². The molecule has 0 aliphatic carbocycles. The first-order chi connectivity index (χ1) is 7.56. The minimum absolute atomic E-state index is 0.0464. The molecule has 1 aromatic carbocycles. The summed E-state index contributed by atoms with van der Waals surface area (Å²) in [5.41, 5.74) is 1.26. The van der Waals surface area contributed by atoms with Crippen molar-refractivity contribution in [3.8, 4) is 5.75 Å². The predicted molar refractivity (Wildman–Crippen MR) is 58.9 cm³/mol. The van der Waals surface area contributed by atoms with Crippen molar-refractivity contribution in [2.24, 2.45) is 0 Å². The SMILES string of the molecule is COc1ccc([N+](=O)[O-])c2c(C)c(C)oc12. The molecule has 0 atom stereocenters. The molecule has 0 aliphatic heterocycles. The fourth-order valence-electron chi connectivity index (χ4n) is 1.74. The Morgan fingerprint density at radius 1 is 1.38 bits per heavy atom. The van der Waals surface area contributed by atoms with Crippen molar-refractivity contribution in [3.63, 3.8) is 0 Å². The normalized spacial score (nSPS) is 10.7. The Kier molecular flexibility index (Phi) is 2.30. The van der Waals surface area contributed by atoms with Gasteiger partial charge in [-0.05, 0) is 19.9 Å². The number of fused-ring (bicyclic) bond motifs is 1. The Morgan fingerprint density at radius 3 is 2.62 bits per heavy atom. The van der Waals surface area contributed by atoms with Gasteiger partial charge in [0.15, 0.2) is 11.3 Å². The van der Waals surface area contributed by atoms with Crippen molar-refractivity contribution < 1.29 is 14.1 Å². The van der Waals surface area contributed by atoms with Gasteiger partial charge in [-0.25, -0.2) is 0 Å². The largest absolute Gasteiger partial charge is 0.493 e. The predicted octanol–water partition coefficient (Wildman–Crippen LogP) is 2.97. The smallest absolute Gasteiger partial charge is 0.281 e. The quantitative estimate of drug-likeness (QED) is 0.577. The lowest BCUT2D eigenvalue weighted by molar-refractivity contribution is -0.383. The fourth-order valence-corrected chi connectivity index (χ4v) is 1.74. The van der Waals surface area contributed by atoms with Crippen molar-refractivity contribution in [1.29, 1.82) is 0 Å². The summed E-state index contributed by atoms with van der Waals surface area (Å²) in [5.74, 6) is 1.18. The molecule has 0 spiro atoms. The maximum atomic E-state index is 10.9. The minimum Gasteiger partial charge on any atom is -0.493 e. The molecule has 2 aromatic rings. The van der Waals surface area contributed by atoms with Crippen LogP contribution in [0.15, 0.2) is 16.5 Å². The highest BCUT2D eigenvalue weighted by Crippen LogP contribution is 2.38. The molecule has 1 aromatic heterocycles. The number of methoxy groups -OCH3 is 1. The molecule has 84 valence electrons. The van der Waals surface area contributed by atoms with E-state index in [0.717, 1.165) is 5.56 Å². The van der Waals surface area contributed by atoms with Crippen LogP contribution in [0.4, 0.5) is 5.69 Å². The van der Waals surface area contributed by atoms with Crippen LogP contribution in [0.1, 0.15) is 11.3 Å². The van der Waals surface area contributed by atoms with Gasteiger partial charge in [0.1, 0.15) is 11.1 Å². The number of hydrogen-bond donors (Lipinski definition) is 0. The first-order valence-corrected chi connectivity index (χ1v) is 4.77. The van der Waals surface area contributed by atoms with Gasteiger partial charge in [0, 0.05) is 11.6 Å². The Morgan fingerprint density at radius 2 is 2.06 bits per heavy atom. The van der Waals surface area contributed by atoms with E-state index in [1.165, 1.54) is 13.2 Å².